The van der Waals surface area contributed by atoms with Gasteiger partial charge in [0.05, 0.1) is 12.6 Å². The van der Waals surface area contributed by atoms with Crippen molar-refractivity contribution in [2.45, 2.75) is 110 Å². The number of carbonyl (C=O) groups is 1. The zero-order chi connectivity index (χ0) is 32.9. The molecule has 0 spiro atoms. The fraction of sp³-hybridized carbons (Fsp3) is 0.556. The summed E-state index contributed by atoms with van der Waals surface area (Å²) < 4.78 is 44.9. The van der Waals surface area contributed by atoms with Crippen molar-refractivity contribution in [2.75, 3.05) is 6.54 Å². The van der Waals surface area contributed by atoms with E-state index in [9.17, 15) is 9.90 Å². The monoisotopic (exact) mass is 638 g/mol. The molecule has 6 nitrogen and oxygen atoms in total. The Labute approximate surface area is 267 Å². The predicted octanol–water partition coefficient (Wildman–Crippen LogP) is 7.02. The van der Waals surface area contributed by atoms with Gasteiger partial charge in [0.25, 0.3) is 14.2 Å². The van der Waals surface area contributed by atoms with Gasteiger partial charge in [-0.05, 0) is 58.3 Å². The van der Waals surface area contributed by atoms with Crippen LogP contribution in [0.25, 0.3) is 0 Å². The second-order valence-electron chi connectivity index (χ2n) is 15.8. The van der Waals surface area contributed by atoms with Crippen LogP contribution >= 0.6 is 0 Å². The fourth-order valence-electron chi connectivity index (χ4n) is 8.48. The third kappa shape index (κ3) is 6.28. The minimum Gasteiger partial charge on any atom is -0.400 e. The van der Waals surface area contributed by atoms with Crippen molar-refractivity contribution < 1.29 is 27.6 Å². The Kier molecular flexibility index (Phi) is 8.72. The second-order valence-corrected chi connectivity index (χ2v) is 20.1. The van der Waals surface area contributed by atoms with Crippen LogP contribution in [0.3, 0.4) is 0 Å². The number of hydrogen-bond acceptors (Lipinski definition) is 5. The van der Waals surface area contributed by atoms with Gasteiger partial charge in [-0.1, -0.05) is 114 Å². The molecule has 1 atom stereocenters. The smallest absolute Gasteiger partial charge is 0.352 e. The molecule has 0 unspecified atom stereocenters. The maximum atomic E-state index is 16.1. The van der Waals surface area contributed by atoms with E-state index < -0.39 is 42.6 Å². The largest absolute Gasteiger partial charge is 0.400 e. The molecule has 0 radical (unpaired) electrons. The second kappa shape index (κ2) is 11.7. The van der Waals surface area contributed by atoms with Crippen LogP contribution in [0.15, 0.2) is 71.3 Å². The van der Waals surface area contributed by atoms with Crippen LogP contribution in [0, 0.1) is 10.8 Å². The fourth-order valence-corrected chi connectivity index (χ4v) is 13.0. The molecule has 45 heavy (non-hydrogen) atoms. The number of nitrogens with zero attached hydrogens (tertiary/aromatic N) is 2. The summed E-state index contributed by atoms with van der Waals surface area (Å²) in [7, 11) is -2.84. The lowest BCUT2D eigenvalue weighted by Gasteiger charge is -2.51. The summed E-state index contributed by atoms with van der Waals surface area (Å²) in [4.78, 5) is 14.8. The number of aliphatic hydroxyl groups is 1. The Morgan fingerprint density at radius 2 is 1.51 bits per heavy atom. The van der Waals surface area contributed by atoms with Crippen molar-refractivity contribution >= 4 is 24.6 Å². The van der Waals surface area contributed by atoms with E-state index in [0.717, 1.165) is 10.4 Å². The van der Waals surface area contributed by atoms with Gasteiger partial charge in [0.2, 0.25) is 0 Å². The molecule has 2 aromatic carbocycles. The first-order valence-corrected chi connectivity index (χ1v) is 17.9. The number of likely N-dealkylation sites (tertiary alicyclic amines) is 1. The number of amides is 1. The Hall–Kier alpha value is -2.88. The van der Waals surface area contributed by atoms with Gasteiger partial charge in [0.1, 0.15) is 11.3 Å². The van der Waals surface area contributed by atoms with Gasteiger partial charge in [0, 0.05) is 12.6 Å². The summed E-state index contributed by atoms with van der Waals surface area (Å²) in [6.07, 6.45) is 1.45. The van der Waals surface area contributed by atoms with Crippen LogP contribution in [0.4, 0.5) is 8.78 Å². The molecular weight excluding hydrogens is 590 g/mol. The van der Waals surface area contributed by atoms with Gasteiger partial charge in [-0.2, -0.15) is 8.78 Å². The lowest BCUT2D eigenvalue weighted by molar-refractivity contribution is -0.231. The molecule has 0 bridgehead atoms. The lowest BCUT2D eigenvalue weighted by Crippen LogP contribution is -2.66. The van der Waals surface area contributed by atoms with E-state index >= 15 is 8.78 Å². The molecule has 1 aliphatic heterocycles. The first kappa shape index (κ1) is 33.5. The average Bonchev–Trinajstić information content (AvgIpc) is 3.61. The molecule has 1 saturated carbocycles. The molecule has 3 aromatic rings. The van der Waals surface area contributed by atoms with Crippen LogP contribution in [0.5, 0.6) is 0 Å². The Morgan fingerprint density at radius 1 is 0.978 bits per heavy atom. The van der Waals surface area contributed by atoms with Gasteiger partial charge < -0.3 is 19.0 Å². The number of benzene rings is 2. The summed E-state index contributed by atoms with van der Waals surface area (Å²) in [5, 5.41) is 17.7. The SMILES string of the molecule is CC1(C)CC(C)(C)CC(O)(C(F)(F)C(=O)N2CCC[C@H]2c2cc(CO[Si](c3ccccc3)(c3ccccc3)C(C)(C)C)on2)C1. The number of rotatable bonds is 8. The molecule has 1 N–H and O–H groups in total. The first-order valence-electron chi connectivity index (χ1n) is 16.0. The molecule has 1 aliphatic carbocycles. The van der Waals surface area contributed by atoms with Crippen molar-refractivity contribution in [2.24, 2.45) is 10.8 Å². The van der Waals surface area contributed by atoms with Gasteiger partial charge in [-0.3, -0.25) is 4.79 Å². The van der Waals surface area contributed by atoms with Gasteiger partial charge in [0.15, 0.2) is 5.76 Å². The minimum absolute atomic E-state index is 0.140. The minimum atomic E-state index is -3.94. The molecule has 1 amide bonds. The van der Waals surface area contributed by atoms with E-state index in [2.05, 4.69) is 50.2 Å². The third-order valence-electron chi connectivity index (χ3n) is 9.63. The van der Waals surface area contributed by atoms with E-state index in [0.29, 0.717) is 30.7 Å². The maximum Gasteiger partial charge on any atom is 0.352 e. The predicted molar refractivity (Wildman–Crippen MR) is 174 cm³/mol. The van der Waals surface area contributed by atoms with Crippen molar-refractivity contribution in [3.05, 3.63) is 78.2 Å². The molecule has 2 fully saturated rings. The zero-order valence-electron chi connectivity index (χ0n) is 27.7. The van der Waals surface area contributed by atoms with Gasteiger partial charge in [-0.25, -0.2) is 0 Å². The van der Waals surface area contributed by atoms with E-state index in [1.165, 1.54) is 4.90 Å². The number of carbonyl (C=O) groups excluding carboxylic acids is 1. The van der Waals surface area contributed by atoms with Crippen molar-refractivity contribution in [3.8, 4) is 0 Å². The van der Waals surface area contributed by atoms with Crippen molar-refractivity contribution in [3.63, 3.8) is 0 Å². The summed E-state index contributed by atoms with van der Waals surface area (Å²) in [6.45, 7) is 14.4. The highest BCUT2D eigenvalue weighted by molar-refractivity contribution is 6.99. The number of alkyl halides is 2. The highest BCUT2D eigenvalue weighted by atomic mass is 28.4. The van der Waals surface area contributed by atoms with E-state index in [-0.39, 0.29) is 31.0 Å². The summed E-state index contributed by atoms with van der Waals surface area (Å²) in [5.41, 5.74) is -3.07. The molecule has 1 saturated heterocycles. The third-order valence-corrected chi connectivity index (χ3v) is 14.6. The van der Waals surface area contributed by atoms with Crippen LogP contribution in [0.1, 0.15) is 98.1 Å². The van der Waals surface area contributed by atoms with Crippen LogP contribution in [0.2, 0.25) is 5.04 Å². The van der Waals surface area contributed by atoms with Crippen molar-refractivity contribution in [1.29, 1.82) is 0 Å². The molecule has 2 aliphatic rings. The first-order chi connectivity index (χ1) is 20.9. The number of halogens is 2. The highest BCUT2D eigenvalue weighted by Gasteiger charge is 2.65. The standard InChI is InChI=1S/C36H48F2N2O4Si/c1-32(2,3)45(27-15-10-8-11-16-27,28-17-12-9-13-18-28)43-22-26-21-29(39-44-26)30-19-14-20-40(30)31(41)36(37,38)35(42)24-33(4,5)23-34(6,7)25-35/h8-13,15-18,21,30,42H,14,19-20,22-25H2,1-7H3/t30-/m0/s1. The average molecular weight is 639 g/mol. The maximum absolute atomic E-state index is 16.1. The lowest BCUT2D eigenvalue weighted by atomic mass is 9.58. The van der Waals surface area contributed by atoms with E-state index in [1.807, 2.05) is 64.1 Å². The Balaban J connectivity index is 1.40. The van der Waals surface area contributed by atoms with Gasteiger partial charge in [-0.15, -0.1) is 0 Å². The Bertz CT molecular complexity index is 1430. The highest BCUT2D eigenvalue weighted by Crippen LogP contribution is 2.55. The molecular formula is C36H48F2N2O4Si. The van der Waals surface area contributed by atoms with E-state index in [4.69, 9.17) is 8.95 Å². The number of aromatic nitrogens is 1. The van der Waals surface area contributed by atoms with Crippen LogP contribution < -0.4 is 10.4 Å². The molecule has 244 valence electrons. The molecule has 9 heteroatoms. The molecule has 1 aromatic heterocycles. The summed E-state index contributed by atoms with van der Waals surface area (Å²) in [6, 6.07) is 21.6. The number of hydrogen-bond donors (Lipinski definition) is 1. The quantitative estimate of drug-likeness (QED) is 0.269. The van der Waals surface area contributed by atoms with Crippen molar-refractivity contribution in [1.82, 2.24) is 10.1 Å². The summed E-state index contributed by atoms with van der Waals surface area (Å²) in [5.74, 6) is -4.81. The Morgan fingerprint density at radius 3 is 2.02 bits per heavy atom. The van der Waals surface area contributed by atoms with Crippen LogP contribution in [-0.4, -0.2) is 47.5 Å². The van der Waals surface area contributed by atoms with Crippen LogP contribution in [-0.2, 0) is 15.8 Å². The normalized spacial score (nSPS) is 21.6. The van der Waals surface area contributed by atoms with E-state index in [1.54, 1.807) is 6.07 Å². The topological polar surface area (TPSA) is 75.8 Å². The molecule has 5 rings (SSSR count). The molecule has 2 heterocycles. The van der Waals surface area contributed by atoms with Gasteiger partial charge >= 0.3 is 5.92 Å². The zero-order valence-corrected chi connectivity index (χ0v) is 28.7. The summed E-state index contributed by atoms with van der Waals surface area (Å²) >= 11 is 0.